The molecule has 0 aliphatic carbocycles. The number of halogens is 3. The third-order valence-corrected chi connectivity index (χ3v) is 6.50. The number of piperazine rings is 1. The number of rotatable bonds is 7. The highest BCUT2D eigenvalue weighted by molar-refractivity contribution is 7.89. The van der Waals surface area contributed by atoms with E-state index in [0.717, 1.165) is 22.5 Å². The molecule has 1 atom stereocenters. The minimum Gasteiger partial charge on any atom is -0.383 e. The lowest BCUT2D eigenvalue weighted by molar-refractivity contribution is -0.137. The molecule has 0 spiro atoms. The van der Waals surface area contributed by atoms with Gasteiger partial charge in [-0.1, -0.05) is 6.07 Å². The van der Waals surface area contributed by atoms with Gasteiger partial charge >= 0.3 is 6.18 Å². The van der Waals surface area contributed by atoms with Crippen molar-refractivity contribution in [1.29, 1.82) is 0 Å². The van der Waals surface area contributed by atoms with Gasteiger partial charge in [0.2, 0.25) is 15.9 Å². The van der Waals surface area contributed by atoms with Gasteiger partial charge in [-0.15, -0.1) is 0 Å². The quantitative estimate of drug-likeness (QED) is 0.666. The second-order valence-corrected chi connectivity index (χ2v) is 8.36. The van der Waals surface area contributed by atoms with Crippen LogP contribution in [0, 0.1) is 0 Å². The van der Waals surface area contributed by atoms with Crippen LogP contribution >= 0.6 is 0 Å². The summed E-state index contributed by atoms with van der Waals surface area (Å²) in [6.07, 6.45) is -4.62. The molecule has 2 rings (SSSR count). The van der Waals surface area contributed by atoms with Gasteiger partial charge < -0.3 is 10.1 Å². The van der Waals surface area contributed by atoms with E-state index in [1.54, 1.807) is 6.92 Å². The fourth-order valence-corrected chi connectivity index (χ4v) is 4.37. The van der Waals surface area contributed by atoms with Crippen molar-refractivity contribution in [3.05, 3.63) is 29.8 Å². The van der Waals surface area contributed by atoms with Gasteiger partial charge in [-0.3, -0.25) is 9.69 Å². The van der Waals surface area contributed by atoms with Crippen LogP contribution in [-0.4, -0.2) is 76.0 Å². The van der Waals surface area contributed by atoms with Gasteiger partial charge in [-0.05, 0) is 25.1 Å². The number of methoxy groups -OCH3 is 1. The van der Waals surface area contributed by atoms with Gasteiger partial charge in [-0.2, -0.15) is 17.5 Å². The van der Waals surface area contributed by atoms with Crippen molar-refractivity contribution in [1.82, 2.24) is 14.5 Å². The molecule has 1 aliphatic rings. The molecule has 1 fully saturated rings. The molecule has 1 aromatic carbocycles. The highest BCUT2D eigenvalue weighted by Gasteiger charge is 2.35. The van der Waals surface area contributed by atoms with Crippen molar-refractivity contribution in [2.45, 2.75) is 24.0 Å². The predicted octanol–water partition coefficient (Wildman–Crippen LogP) is 1.16. The van der Waals surface area contributed by atoms with E-state index >= 15 is 0 Å². The fraction of sp³-hybridized carbons (Fsp3) is 0.588. The topological polar surface area (TPSA) is 79.0 Å². The Hall–Kier alpha value is -1.69. The molecule has 158 valence electrons. The largest absolute Gasteiger partial charge is 0.416 e. The molecule has 28 heavy (non-hydrogen) atoms. The zero-order chi connectivity index (χ0) is 20.9. The summed E-state index contributed by atoms with van der Waals surface area (Å²) in [6.45, 7) is 3.28. The zero-order valence-electron chi connectivity index (χ0n) is 15.7. The lowest BCUT2D eigenvalue weighted by atomic mass is 10.2. The molecule has 1 amide bonds. The van der Waals surface area contributed by atoms with Crippen LogP contribution in [0.2, 0.25) is 0 Å². The van der Waals surface area contributed by atoms with E-state index < -0.39 is 27.8 Å². The molecule has 0 saturated carbocycles. The van der Waals surface area contributed by atoms with Crippen LogP contribution in [0.15, 0.2) is 29.2 Å². The molecule has 0 aromatic heterocycles. The van der Waals surface area contributed by atoms with Crippen LogP contribution < -0.4 is 5.32 Å². The summed E-state index contributed by atoms with van der Waals surface area (Å²) in [5, 5.41) is 2.72. The molecule has 1 aliphatic heterocycles. The summed E-state index contributed by atoms with van der Waals surface area (Å²) < 4.78 is 70.0. The number of sulfonamides is 1. The average molecular weight is 423 g/mol. The maximum absolute atomic E-state index is 12.9. The molecule has 1 saturated heterocycles. The summed E-state index contributed by atoms with van der Waals surface area (Å²) in [6, 6.07) is 3.27. The number of ether oxygens (including phenoxy) is 1. The zero-order valence-corrected chi connectivity index (χ0v) is 16.5. The van der Waals surface area contributed by atoms with E-state index in [2.05, 4.69) is 5.32 Å². The molecule has 7 nitrogen and oxygen atoms in total. The third kappa shape index (κ3) is 5.43. The second-order valence-electron chi connectivity index (χ2n) is 6.43. The smallest absolute Gasteiger partial charge is 0.383 e. The lowest BCUT2D eigenvalue weighted by Crippen LogP contribution is -2.55. The normalized spacial score (nSPS) is 18.0. The van der Waals surface area contributed by atoms with Crippen LogP contribution in [0.1, 0.15) is 12.5 Å². The minimum atomic E-state index is -4.62. The van der Waals surface area contributed by atoms with Crippen molar-refractivity contribution < 1.29 is 31.1 Å². The van der Waals surface area contributed by atoms with Crippen LogP contribution in [-0.2, 0) is 25.7 Å². The maximum atomic E-state index is 12.9. The molecule has 0 bridgehead atoms. The van der Waals surface area contributed by atoms with Crippen LogP contribution in [0.3, 0.4) is 0 Å². The third-order valence-electron chi connectivity index (χ3n) is 4.60. The first kappa shape index (κ1) is 22.6. The number of benzene rings is 1. The van der Waals surface area contributed by atoms with Gasteiger partial charge in [0.1, 0.15) is 0 Å². The van der Waals surface area contributed by atoms with Gasteiger partial charge in [0.15, 0.2) is 0 Å². The number of amides is 1. The SMILES string of the molecule is COCCNC(=O)[C@H](C)N1CCN(S(=O)(=O)c2cccc(C(F)(F)F)c2)CC1. The van der Waals surface area contributed by atoms with Crippen LogP contribution in [0.4, 0.5) is 13.2 Å². The second kappa shape index (κ2) is 9.21. The standard InChI is InChI=1S/C17H24F3N3O4S/c1-13(16(24)21-6-11-27-2)22-7-9-23(10-8-22)28(25,26)15-5-3-4-14(12-15)17(18,19)20/h3-5,12-13H,6-11H2,1-2H3,(H,21,24)/t13-/m0/s1. The van der Waals surface area contributed by atoms with E-state index in [4.69, 9.17) is 4.74 Å². The maximum Gasteiger partial charge on any atom is 0.416 e. The Morgan fingerprint density at radius 3 is 2.46 bits per heavy atom. The van der Waals surface area contributed by atoms with E-state index in [1.165, 1.54) is 7.11 Å². The fourth-order valence-electron chi connectivity index (χ4n) is 2.90. The highest BCUT2D eigenvalue weighted by atomic mass is 32.2. The molecule has 0 unspecified atom stereocenters. The molecule has 0 radical (unpaired) electrons. The number of nitrogens with one attached hydrogen (secondary N) is 1. The first-order valence-electron chi connectivity index (χ1n) is 8.75. The summed E-state index contributed by atoms with van der Waals surface area (Å²) in [7, 11) is -2.51. The molecular weight excluding hydrogens is 399 g/mol. The first-order valence-corrected chi connectivity index (χ1v) is 10.2. The Morgan fingerprint density at radius 2 is 1.89 bits per heavy atom. The van der Waals surface area contributed by atoms with Crippen LogP contribution in [0.5, 0.6) is 0 Å². The highest BCUT2D eigenvalue weighted by Crippen LogP contribution is 2.31. The number of nitrogens with zero attached hydrogens (tertiary/aromatic N) is 2. The van der Waals surface area contributed by atoms with Crippen molar-refractivity contribution >= 4 is 15.9 Å². The Bertz CT molecular complexity index is 778. The Balaban J connectivity index is 2.01. The number of hydrogen-bond donors (Lipinski definition) is 1. The number of carbonyl (C=O) groups excluding carboxylic acids is 1. The summed E-state index contributed by atoms with van der Waals surface area (Å²) in [4.78, 5) is 13.5. The molecule has 1 N–H and O–H groups in total. The number of alkyl halides is 3. The van der Waals surface area contributed by atoms with Crippen LogP contribution in [0.25, 0.3) is 0 Å². The number of carbonyl (C=O) groups is 1. The Morgan fingerprint density at radius 1 is 1.25 bits per heavy atom. The molecule has 1 aromatic rings. The Kier molecular flexibility index (Phi) is 7.43. The first-order chi connectivity index (χ1) is 13.1. The van der Waals surface area contributed by atoms with E-state index in [1.807, 2.05) is 4.90 Å². The van der Waals surface area contributed by atoms with Gasteiger partial charge in [0.05, 0.1) is 23.1 Å². The van der Waals surface area contributed by atoms with Crippen molar-refractivity contribution in [3.8, 4) is 0 Å². The van der Waals surface area contributed by atoms with Gasteiger partial charge in [0, 0.05) is 39.8 Å². The monoisotopic (exact) mass is 423 g/mol. The van der Waals surface area contributed by atoms with Gasteiger partial charge in [0.25, 0.3) is 0 Å². The van der Waals surface area contributed by atoms with E-state index in [0.29, 0.717) is 32.3 Å². The van der Waals surface area contributed by atoms with Crippen molar-refractivity contribution in [2.75, 3.05) is 46.4 Å². The van der Waals surface area contributed by atoms with Gasteiger partial charge in [-0.25, -0.2) is 8.42 Å². The summed E-state index contributed by atoms with van der Waals surface area (Å²) >= 11 is 0. The molecular formula is C17H24F3N3O4S. The average Bonchev–Trinajstić information content (AvgIpc) is 2.67. The van der Waals surface area contributed by atoms with E-state index in [-0.39, 0.29) is 23.9 Å². The predicted molar refractivity (Wildman–Crippen MR) is 96.1 cm³/mol. The lowest BCUT2D eigenvalue weighted by Gasteiger charge is -2.36. The minimum absolute atomic E-state index is 0.0915. The van der Waals surface area contributed by atoms with Crippen molar-refractivity contribution in [2.24, 2.45) is 0 Å². The summed E-state index contributed by atoms with van der Waals surface area (Å²) in [5.41, 5.74) is -1.01. The molecule has 11 heteroatoms. The molecule has 1 heterocycles. The Labute approximate surface area is 162 Å². The number of hydrogen-bond acceptors (Lipinski definition) is 5. The summed E-state index contributed by atoms with van der Waals surface area (Å²) in [5.74, 6) is -0.189. The van der Waals surface area contributed by atoms with Crippen molar-refractivity contribution in [3.63, 3.8) is 0 Å². The van der Waals surface area contributed by atoms with E-state index in [9.17, 15) is 26.4 Å².